The smallest absolute Gasteiger partial charge is 0.348 e. The number of rotatable bonds is 4. The summed E-state index contributed by atoms with van der Waals surface area (Å²) in [4.78, 5) is 23.3. The number of esters is 1. The lowest BCUT2D eigenvalue weighted by atomic mass is 10.2. The minimum atomic E-state index is -0.379. The van der Waals surface area contributed by atoms with Gasteiger partial charge in [-0.05, 0) is 32.8 Å². The van der Waals surface area contributed by atoms with Crippen molar-refractivity contribution in [2.75, 3.05) is 6.61 Å². The first kappa shape index (κ1) is 13.2. The maximum Gasteiger partial charge on any atom is 0.348 e. The first-order valence-corrected chi connectivity index (χ1v) is 6.86. The minimum absolute atomic E-state index is 0.0104. The molecule has 0 amide bonds. The number of ether oxygens (including phenoxy) is 2. The molecule has 0 aliphatic carbocycles. The van der Waals surface area contributed by atoms with E-state index in [1.54, 1.807) is 11.4 Å². The van der Waals surface area contributed by atoms with Gasteiger partial charge in [0.2, 0.25) is 0 Å². The normalized spacial score (nSPS) is 23.0. The van der Waals surface area contributed by atoms with Crippen LogP contribution in [0.3, 0.4) is 0 Å². The molecule has 2 atom stereocenters. The summed E-state index contributed by atoms with van der Waals surface area (Å²) in [6, 6.07) is 1.58. The Kier molecular flexibility index (Phi) is 4.14. The zero-order chi connectivity index (χ0) is 13.1. The van der Waals surface area contributed by atoms with Crippen LogP contribution >= 0.6 is 11.3 Å². The maximum absolute atomic E-state index is 11.7. The molecule has 0 spiro atoms. The van der Waals surface area contributed by atoms with Gasteiger partial charge in [0, 0.05) is 10.9 Å². The van der Waals surface area contributed by atoms with Crippen LogP contribution in [0, 0.1) is 0 Å². The predicted octanol–water partition coefficient (Wildman–Crippen LogP) is 2.68. The lowest BCUT2D eigenvalue weighted by Crippen LogP contribution is -2.18. The number of ketones is 1. The zero-order valence-electron chi connectivity index (χ0n) is 10.5. The van der Waals surface area contributed by atoms with Crippen molar-refractivity contribution in [2.24, 2.45) is 0 Å². The Morgan fingerprint density at radius 2 is 2.28 bits per heavy atom. The van der Waals surface area contributed by atoms with E-state index in [4.69, 9.17) is 9.47 Å². The van der Waals surface area contributed by atoms with Gasteiger partial charge in [-0.1, -0.05) is 0 Å². The van der Waals surface area contributed by atoms with Gasteiger partial charge in [0.15, 0.2) is 5.78 Å². The van der Waals surface area contributed by atoms with E-state index >= 15 is 0 Å². The van der Waals surface area contributed by atoms with E-state index in [0.29, 0.717) is 10.4 Å². The summed E-state index contributed by atoms with van der Waals surface area (Å²) in [7, 11) is 0. The lowest BCUT2D eigenvalue weighted by Gasteiger charge is -2.10. The van der Waals surface area contributed by atoms with Gasteiger partial charge >= 0.3 is 5.97 Å². The maximum atomic E-state index is 11.7. The topological polar surface area (TPSA) is 52.6 Å². The summed E-state index contributed by atoms with van der Waals surface area (Å²) in [6.07, 6.45) is 2.20. The van der Waals surface area contributed by atoms with Crippen LogP contribution in [0.1, 0.15) is 46.7 Å². The summed E-state index contributed by atoms with van der Waals surface area (Å²) >= 11 is 1.23. The second kappa shape index (κ2) is 5.63. The van der Waals surface area contributed by atoms with Crippen LogP contribution < -0.4 is 0 Å². The van der Waals surface area contributed by atoms with Gasteiger partial charge in [-0.25, -0.2) is 4.79 Å². The monoisotopic (exact) mass is 268 g/mol. The van der Waals surface area contributed by atoms with Gasteiger partial charge in [-0.3, -0.25) is 4.79 Å². The van der Waals surface area contributed by atoms with Gasteiger partial charge in [-0.15, -0.1) is 11.3 Å². The molecule has 1 aliphatic rings. The molecular formula is C13H16O4S. The molecule has 2 rings (SSSR count). The third-order valence-electron chi connectivity index (χ3n) is 2.93. The van der Waals surface area contributed by atoms with Gasteiger partial charge in [0.05, 0.1) is 12.2 Å². The zero-order valence-corrected chi connectivity index (χ0v) is 11.3. The molecule has 4 nitrogen and oxygen atoms in total. The van der Waals surface area contributed by atoms with E-state index in [1.165, 1.54) is 18.3 Å². The Bertz CT molecular complexity index is 452. The number of hydrogen-bond acceptors (Lipinski definition) is 5. The first-order chi connectivity index (χ1) is 8.56. The molecule has 0 radical (unpaired) electrons. The molecule has 2 heterocycles. The molecule has 0 bridgehead atoms. The van der Waals surface area contributed by atoms with E-state index in [9.17, 15) is 9.59 Å². The van der Waals surface area contributed by atoms with E-state index in [0.717, 1.165) is 12.8 Å². The summed E-state index contributed by atoms with van der Waals surface area (Å²) < 4.78 is 10.8. The molecule has 1 fully saturated rings. The number of thiophene rings is 1. The quantitative estimate of drug-likeness (QED) is 0.622. The second-order valence-corrected chi connectivity index (χ2v) is 5.41. The van der Waals surface area contributed by atoms with Crippen LogP contribution in [0.15, 0.2) is 11.4 Å². The Labute approximate surface area is 110 Å². The molecule has 98 valence electrons. The molecule has 0 aromatic carbocycles. The molecule has 1 aromatic rings. The molecule has 0 N–H and O–H groups in total. The molecule has 1 saturated heterocycles. The standard InChI is InChI=1S/C13H16O4S/c1-8-3-4-11(17-8)6-16-13(15)12-5-10(7-18-12)9(2)14/h5,7-8,11H,3-4,6H2,1-2H3/t8-,11-/m1/s1. The van der Waals surface area contributed by atoms with Crippen LogP contribution in [-0.4, -0.2) is 30.6 Å². The highest BCUT2D eigenvalue weighted by Crippen LogP contribution is 2.21. The fourth-order valence-electron chi connectivity index (χ4n) is 1.88. The van der Waals surface area contributed by atoms with Crippen molar-refractivity contribution in [1.82, 2.24) is 0 Å². The Morgan fingerprint density at radius 1 is 1.50 bits per heavy atom. The molecule has 1 aliphatic heterocycles. The minimum Gasteiger partial charge on any atom is -0.459 e. The second-order valence-electron chi connectivity index (χ2n) is 4.50. The Morgan fingerprint density at radius 3 is 2.83 bits per heavy atom. The number of hydrogen-bond donors (Lipinski definition) is 0. The van der Waals surface area contributed by atoms with E-state index in [1.807, 2.05) is 6.92 Å². The fraction of sp³-hybridized carbons (Fsp3) is 0.538. The van der Waals surface area contributed by atoms with Crippen molar-refractivity contribution >= 4 is 23.1 Å². The summed E-state index contributed by atoms with van der Waals surface area (Å²) in [6.45, 7) is 3.78. The number of carbonyl (C=O) groups excluding carboxylic acids is 2. The van der Waals surface area contributed by atoms with Crippen molar-refractivity contribution in [3.05, 3.63) is 21.9 Å². The van der Waals surface area contributed by atoms with Gasteiger partial charge in [0.25, 0.3) is 0 Å². The highest BCUT2D eigenvalue weighted by atomic mass is 32.1. The van der Waals surface area contributed by atoms with Crippen LogP contribution in [0.2, 0.25) is 0 Å². The summed E-state index contributed by atoms with van der Waals surface area (Å²) in [5, 5.41) is 1.67. The third kappa shape index (κ3) is 3.17. The SMILES string of the molecule is CC(=O)c1csc(C(=O)OC[C@H]2CC[C@@H](C)O2)c1. The summed E-state index contributed by atoms with van der Waals surface area (Å²) in [5.41, 5.74) is 0.553. The van der Waals surface area contributed by atoms with E-state index in [-0.39, 0.29) is 30.6 Å². The third-order valence-corrected chi connectivity index (χ3v) is 3.84. The Balaban J connectivity index is 1.85. The van der Waals surface area contributed by atoms with Crippen molar-refractivity contribution < 1.29 is 19.1 Å². The number of carbonyl (C=O) groups is 2. The van der Waals surface area contributed by atoms with Gasteiger partial charge in [-0.2, -0.15) is 0 Å². The van der Waals surface area contributed by atoms with Crippen molar-refractivity contribution in [2.45, 2.75) is 38.9 Å². The van der Waals surface area contributed by atoms with Crippen LogP contribution in [0.4, 0.5) is 0 Å². The average molecular weight is 268 g/mol. The highest BCUT2D eigenvalue weighted by Gasteiger charge is 2.23. The molecule has 1 aromatic heterocycles. The van der Waals surface area contributed by atoms with Gasteiger partial charge in [0.1, 0.15) is 11.5 Å². The molecule has 5 heteroatoms. The van der Waals surface area contributed by atoms with E-state index in [2.05, 4.69) is 0 Å². The number of Topliss-reactive ketones (excluding diaryl/α,β-unsaturated/α-hetero) is 1. The van der Waals surface area contributed by atoms with Crippen LogP contribution in [-0.2, 0) is 9.47 Å². The molecule has 0 saturated carbocycles. The average Bonchev–Trinajstić information content (AvgIpc) is 2.94. The van der Waals surface area contributed by atoms with Crippen LogP contribution in [0.25, 0.3) is 0 Å². The van der Waals surface area contributed by atoms with Crippen molar-refractivity contribution in [3.8, 4) is 0 Å². The lowest BCUT2D eigenvalue weighted by molar-refractivity contribution is -0.00237. The van der Waals surface area contributed by atoms with E-state index < -0.39 is 0 Å². The van der Waals surface area contributed by atoms with Crippen LogP contribution in [0.5, 0.6) is 0 Å². The van der Waals surface area contributed by atoms with Crippen molar-refractivity contribution in [1.29, 1.82) is 0 Å². The molecular weight excluding hydrogens is 252 g/mol. The largest absolute Gasteiger partial charge is 0.459 e. The fourth-order valence-corrected chi connectivity index (χ4v) is 2.71. The first-order valence-electron chi connectivity index (χ1n) is 5.98. The Hall–Kier alpha value is -1.20. The summed E-state index contributed by atoms with van der Waals surface area (Å²) in [5.74, 6) is -0.422. The highest BCUT2D eigenvalue weighted by molar-refractivity contribution is 7.12. The molecule has 18 heavy (non-hydrogen) atoms. The van der Waals surface area contributed by atoms with Crippen molar-refractivity contribution in [3.63, 3.8) is 0 Å². The molecule has 0 unspecified atom stereocenters. The van der Waals surface area contributed by atoms with Gasteiger partial charge < -0.3 is 9.47 Å². The predicted molar refractivity (Wildman–Crippen MR) is 68.2 cm³/mol.